The van der Waals surface area contributed by atoms with E-state index >= 15 is 0 Å². The molecule has 0 radical (unpaired) electrons. The maximum Gasteiger partial charge on any atom is 0.289 e. The number of hydrogen-bond acceptors (Lipinski definition) is 7. The Morgan fingerprint density at radius 3 is 2.56 bits per heavy atom. The van der Waals surface area contributed by atoms with Crippen LogP contribution in [0.15, 0.2) is 55.0 Å². The first kappa shape index (κ1) is 17.6. The molecule has 10 heteroatoms. The van der Waals surface area contributed by atoms with Crippen LogP contribution in [0.2, 0.25) is 0 Å². The topological polar surface area (TPSA) is 110 Å². The van der Waals surface area contributed by atoms with E-state index in [4.69, 9.17) is 13.4 Å². The van der Waals surface area contributed by atoms with Crippen LogP contribution >= 0.6 is 0 Å². The van der Waals surface area contributed by atoms with Crippen LogP contribution in [0, 0.1) is 6.92 Å². The zero-order valence-electron chi connectivity index (χ0n) is 14.5. The number of piperazine rings is 1. The fraction of sp³-hybridized carbons (Fsp3) is 0.294. The minimum absolute atomic E-state index is 0.0831. The van der Waals surface area contributed by atoms with Gasteiger partial charge in [-0.25, -0.2) is 8.42 Å². The van der Waals surface area contributed by atoms with E-state index < -0.39 is 10.0 Å². The van der Waals surface area contributed by atoms with Crippen LogP contribution in [0.1, 0.15) is 16.3 Å². The van der Waals surface area contributed by atoms with E-state index in [2.05, 4.69) is 5.16 Å². The first-order chi connectivity index (χ1) is 13.0. The molecule has 4 heterocycles. The second-order valence-electron chi connectivity index (χ2n) is 6.08. The molecule has 1 amide bonds. The summed E-state index contributed by atoms with van der Waals surface area (Å²) in [5.74, 6) is 0.928. The van der Waals surface area contributed by atoms with Crippen molar-refractivity contribution < 1.29 is 26.6 Å². The van der Waals surface area contributed by atoms with Crippen molar-refractivity contribution in [2.45, 2.75) is 11.8 Å². The van der Waals surface area contributed by atoms with Gasteiger partial charge in [0.1, 0.15) is 10.7 Å². The van der Waals surface area contributed by atoms with E-state index in [0.717, 1.165) is 0 Å². The van der Waals surface area contributed by atoms with Crippen molar-refractivity contribution in [3.8, 4) is 11.5 Å². The fourth-order valence-electron chi connectivity index (χ4n) is 3.01. The standard InChI is InChI=1S/C17H17N3O6S/c1-12-16(11-15(25-12)13-4-5-18-26-13)27(22,23)20-8-6-19(7-9-20)17(21)14-3-2-10-24-14/h2-5,10-11H,6-9H2,1H3. The largest absolute Gasteiger partial charge is 0.459 e. The molecule has 0 aromatic carbocycles. The van der Waals surface area contributed by atoms with Gasteiger partial charge in [0, 0.05) is 38.3 Å². The molecule has 3 aromatic rings. The van der Waals surface area contributed by atoms with Gasteiger partial charge in [-0.3, -0.25) is 4.79 Å². The van der Waals surface area contributed by atoms with Crippen molar-refractivity contribution in [3.05, 3.63) is 48.2 Å². The van der Waals surface area contributed by atoms with Crippen molar-refractivity contribution in [1.82, 2.24) is 14.4 Å². The van der Waals surface area contributed by atoms with Gasteiger partial charge in [-0.05, 0) is 19.1 Å². The van der Waals surface area contributed by atoms with Gasteiger partial charge in [-0.1, -0.05) is 5.16 Å². The zero-order valence-corrected chi connectivity index (χ0v) is 15.3. The van der Waals surface area contributed by atoms with Gasteiger partial charge < -0.3 is 18.3 Å². The molecule has 9 nitrogen and oxygen atoms in total. The van der Waals surface area contributed by atoms with Gasteiger partial charge >= 0.3 is 0 Å². The van der Waals surface area contributed by atoms with Crippen LogP contribution in [0.3, 0.4) is 0 Å². The van der Waals surface area contributed by atoms with Gasteiger partial charge in [0.15, 0.2) is 11.5 Å². The Labute approximate surface area is 155 Å². The summed E-state index contributed by atoms with van der Waals surface area (Å²) in [4.78, 5) is 14.0. The Hall–Kier alpha value is -2.85. The predicted octanol–water partition coefficient (Wildman–Crippen LogP) is 1.98. The van der Waals surface area contributed by atoms with E-state index in [1.807, 2.05) is 0 Å². The Morgan fingerprint density at radius 2 is 1.93 bits per heavy atom. The normalized spacial score (nSPS) is 16.0. The summed E-state index contributed by atoms with van der Waals surface area (Å²) in [6, 6.07) is 6.26. The highest BCUT2D eigenvalue weighted by Crippen LogP contribution is 2.30. The van der Waals surface area contributed by atoms with Crippen molar-refractivity contribution >= 4 is 15.9 Å². The summed E-state index contributed by atoms with van der Waals surface area (Å²) >= 11 is 0. The number of furan rings is 2. The Balaban J connectivity index is 1.50. The lowest BCUT2D eigenvalue weighted by Crippen LogP contribution is -2.50. The molecule has 27 heavy (non-hydrogen) atoms. The first-order valence-electron chi connectivity index (χ1n) is 8.31. The van der Waals surface area contributed by atoms with Gasteiger partial charge in [0.2, 0.25) is 15.8 Å². The maximum absolute atomic E-state index is 13.0. The fourth-order valence-corrected chi connectivity index (χ4v) is 4.60. The number of aromatic nitrogens is 1. The minimum Gasteiger partial charge on any atom is -0.459 e. The third-order valence-electron chi connectivity index (χ3n) is 4.43. The van der Waals surface area contributed by atoms with Crippen LogP contribution in [-0.4, -0.2) is 54.9 Å². The van der Waals surface area contributed by atoms with Gasteiger partial charge in [-0.2, -0.15) is 4.31 Å². The second kappa shape index (κ2) is 6.71. The Bertz CT molecular complexity index is 1030. The van der Waals surface area contributed by atoms with Crippen LogP contribution in [0.5, 0.6) is 0 Å². The average molecular weight is 391 g/mol. The monoisotopic (exact) mass is 391 g/mol. The molecule has 1 saturated heterocycles. The highest BCUT2D eigenvalue weighted by atomic mass is 32.2. The van der Waals surface area contributed by atoms with Gasteiger partial charge in [0.25, 0.3) is 5.91 Å². The summed E-state index contributed by atoms with van der Waals surface area (Å²) in [6.07, 6.45) is 2.89. The van der Waals surface area contributed by atoms with Gasteiger partial charge in [-0.15, -0.1) is 0 Å². The quantitative estimate of drug-likeness (QED) is 0.669. The van der Waals surface area contributed by atoms with Crippen molar-refractivity contribution in [2.24, 2.45) is 0 Å². The van der Waals surface area contributed by atoms with E-state index in [9.17, 15) is 13.2 Å². The molecule has 0 unspecified atom stereocenters. The Morgan fingerprint density at radius 1 is 1.15 bits per heavy atom. The van der Waals surface area contributed by atoms with Crippen molar-refractivity contribution in [1.29, 1.82) is 0 Å². The smallest absolute Gasteiger partial charge is 0.289 e. The molecule has 0 bridgehead atoms. The van der Waals surface area contributed by atoms with Gasteiger partial charge in [0.05, 0.1) is 12.5 Å². The lowest BCUT2D eigenvalue weighted by Gasteiger charge is -2.33. The Kier molecular flexibility index (Phi) is 4.36. The lowest BCUT2D eigenvalue weighted by atomic mass is 10.3. The van der Waals surface area contributed by atoms with Crippen molar-refractivity contribution in [3.63, 3.8) is 0 Å². The van der Waals surface area contributed by atoms with E-state index in [1.165, 1.54) is 22.8 Å². The minimum atomic E-state index is -3.75. The summed E-state index contributed by atoms with van der Waals surface area (Å²) in [5, 5.41) is 3.60. The molecule has 0 saturated carbocycles. The molecule has 4 rings (SSSR count). The molecular weight excluding hydrogens is 374 g/mol. The number of carbonyl (C=O) groups is 1. The molecule has 1 fully saturated rings. The number of aryl methyl sites for hydroxylation is 1. The lowest BCUT2D eigenvalue weighted by molar-refractivity contribution is 0.0666. The predicted molar refractivity (Wildman–Crippen MR) is 92.3 cm³/mol. The molecule has 0 N–H and O–H groups in total. The highest BCUT2D eigenvalue weighted by molar-refractivity contribution is 7.89. The molecular formula is C17H17N3O6S. The van der Waals surface area contributed by atoms with E-state index in [1.54, 1.807) is 30.0 Å². The molecule has 0 aliphatic carbocycles. The molecule has 3 aromatic heterocycles. The highest BCUT2D eigenvalue weighted by Gasteiger charge is 2.33. The van der Waals surface area contributed by atoms with Crippen LogP contribution in [0.4, 0.5) is 0 Å². The van der Waals surface area contributed by atoms with E-state index in [0.29, 0.717) is 11.5 Å². The maximum atomic E-state index is 13.0. The number of sulfonamides is 1. The number of amides is 1. The third kappa shape index (κ3) is 3.17. The molecule has 1 aliphatic rings. The summed E-state index contributed by atoms with van der Waals surface area (Å²) in [6.45, 7) is 2.53. The number of rotatable bonds is 4. The molecule has 1 aliphatic heterocycles. The SMILES string of the molecule is Cc1oc(-c2ccno2)cc1S(=O)(=O)N1CCN(C(=O)c2ccco2)CC1. The summed E-state index contributed by atoms with van der Waals surface area (Å²) < 4.78 is 43.0. The summed E-state index contributed by atoms with van der Waals surface area (Å²) in [5.41, 5.74) is 0. The number of hydrogen-bond donors (Lipinski definition) is 0. The van der Waals surface area contributed by atoms with Crippen LogP contribution in [0.25, 0.3) is 11.5 Å². The third-order valence-corrected chi connectivity index (χ3v) is 6.43. The molecule has 0 spiro atoms. The van der Waals surface area contributed by atoms with Crippen LogP contribution in [-0.2, 0) is 10.0 Å². The number of carbonyl (C=O) groups excluding carboxylic acids is 1. The number of nitrogens with zero attached hydrogens (tertiary/aromatic N) is 3. The molecule has 0 atom stereocenters. The first-order valence-corrected chi connectivity index (χ1v) is 9.75. The second-order valence-corrected chi connectivity index (χ2v) is 7.99. The summed E-state index contributed by atoms with van der Waals surface area (Å²) in [7, 11) is -3.75. The van der Waals surface area contributed by atoms with Crippen LogP contribution < -0.4 is 0 Å². The molecule has 142 valence electrons. The average Bonchev–Trinajstić information content (AvgIpc) is 3.42. The van der Waals surface area contributed by atoms with Crippen molar-refractivity contribution in [2.75, 3.05) is 26.2 Å². The zero-order chi connectivity index (χ0) is 19.0. The van der Waals surface area contributed by atoms with E-state index in [-0.39, 0.29) is 48.5 Å².